The second kappa shape index (κ2) is 7.00. The summed E-state index contributed by atoms with van der Waals surface area (Å²) in [5.74, 6) is -0.462. The van der Waals surface area contributed by atoms with Crippen LogP contribution < -0.4 is 10.6 Å². The number of nitriles is 1. The molecule has 0 unspecified atom stereocenters. The minimum atomic E-state index is -0.462. The normalized spacial score (nSPS) is 10.0. The fourth-order valence-corrected chi connectivity index (χ4v) is 2.67. The zero-order valence-electron chi connectivity index (χ0n) is 11.5. The van der Waals surface area contributed by atoms with Gasteiger partial charge in [0, 0.05) is 13.6 Å². The molecule has 0 saturated carbocycles. The quantitative estimate of drug-likeness (QED) is 0.811. The lowest BCUT2D eigenvalue weighted by molar-refractivity contribution is 0.0529. The molecule has 1 heterocycles. The molecule has 0 aliphatic rings. The Morgan fingerprint density at radius 1 is 1.53 bits per heavy atom. The van der Waals surface area contributed by atoms with Crippen LogP contribution in [-0.2, 0) is 4.74 Å². The molecule has 0 radical (unpaired) electrons. The summed E-state index contributed by atoms with van der Waals surface area (Å²) in [7, 11) is 1.89. The molecule has 0 spiro atoms. The predicted molar refractivity (Wildman–Crippen MR) is 77.6 cm³/mol. The molecule has 0 saturated heterocycles. The number of nitrogens with zero attached hydrogens (tertiary/aromatic N) is 2. The second-order valence-electron chi connectivity index (χ2n) is 4.13. The summed E-state index contributed by atoms with van der Waals surface area (Å²) in [5.41, 5.74) is 6.42. The third-order valence-corrected chi connectivity index (χ3v) is 3.93. The van der Waals surface area contributed by atoms with Crippen molar-refractivity contribution in [2.45, 2.75) is 26.7 Å². The number of rotatable bonds is 6. The molecular weight excluding hydrogens is 262 g/mol. The highest BCUT2D eigenvalue weighted by Gasteiger charge is 2.25. The van der Waals surface area contributed by atoms with Gasteiger partial charge in [-0.2, -0.15) is 5.26 Å². The number of nitrogen functional groups attached to an aromatic ring is 1. The predicted octanol–water partition coefficient (Wildman–Crippen LogP) is 2.61. The van der Waals surface area contributed by atoms with Crippen LogP contribution in [0, 0.1) is 11.3 Å². The Morgan fingerprint density at radius 2 is 2.21 bits per heavy atom. The number of unbranched alkanes of at least 4 members (excludes halogenated alkanes) is 1. The molecule has 19 heavy (non-hydrogen) atoms. The molecule has 0 aliphatic heterocycles. The molecule has 0 bridgehead atoms. The van der Waals surface area contributed by atoms with Gasteiger partial charge < -0.3 is 15.4 Å². The smallest absolute Gasteiger partial charge is 0.343 e. The van der Waals surface area contributed by atoms with E-state index in [0.29, 0.717) is 15.4 Å². The number of carbonyl (C=O) groups is 1. The van der Waals surface area contributed by atoms with Gasteiger partial charge in [0.2, 0.25) is 0 Å². The number of hydrogen-bond donors (Lipinski definition) is 1. The average Bonchev–Trinajstić information content (AvgIpc) is 2.73. The Kier molecular flexibility index (Phi) is 5.64. The van der Waals surface area contributed by atoms with Gasteiger partial charge in [-0.1, -0.05) is 13.3 Å². The van der Waals surface area contributed by atoms with Crippen LogP contribution in [0.15, 0.2) is 0 Å². The summed E-state index contributed by atoms with van der Waals surface area (Å²) < 4.78 is 5.01. The molecule has 1 aromatic rings. The molecule has 2 N–H and O–H groups in total. The number of anilines is 2. The highest BCUT2D eigenvalue weighted by Crippen LogP contribution is 2.38. The minimum Gasteiger partial charge on any atom is -0.462 e. The first-order valence-corrected chi connectivity index (χ1v) is 7.09. The topological polar surface area (TPSA) is 79.4 Å². The summed E-state index contributed by atoms with van der Waals surface area (Å²) in [6, 6.07) is 2.02. The van der Waals surface area contributed by atoms with Crippen LogP contribution >= 0.6 is 11.3 Å². The van der Waals surface area contributed by atoms with Crippen LogP contribution in [0.1, 0.15) is 41.9 Å². The maximum atomic E-state index is 12.0. The maximum absolute atomic E-state index is 12.0. The van der Waals surface area contributed by atoms with Gasteiger partial charge in [-0.25, -0.2) is 4.79 Å². The number of hydrogen-bond acceptors (Lipinski definition) is 6. The first kappa shape index (κ1) is 15.3. The third-order valence-electron chi connectivity index (χ3n) is 2.70. The molecule has 0 fully saturated rings. The van der Waals surface area contributed by atoms with Crippen LogP contribution in [0.3, 0.4) is 0 Å². The molecule has 0 amide bonds. The van der Waals surface area contributed by atoms with Crippen LogP contribution in [0.25, 0.3) is 0 Å². The van der Waals surface area contributed by atoms with Gasteiger partial charge in [-0.05, 0) is 13.3 Å². The van der Waals surface area contributed by atoms with E-state index in [2.05, 4.69) is 6.92 Å². The van der Waals surface area contributed by atoms with E-state index in [0.717, 1.165) is 19.4 Å². The first-order valence-electron chi connectivity index (χ1n) is 6.27. The first-order chi connectivity index (χ1) is 9.06. The summed E-state index contributed by atoms with van der Waals surface area (Å²) in [6.07, 6.45) is 2.07. The maximum Gasteiger partial charge on any atom is 0.343 e. The Labute approximate surface area is 117 Å². The van der Waals surface area contributed by atoms with Crippen LogP contribution in [0.2, 0.25) is 0 Å². The van der Waals surface area contributed by atoms with Gasteiger partial charge in [-0.15, -0.1) is 11.3 Å². The fraction of sp³-hybridized carbons (Fsp3) is 0.538. The molecule has 6 heteroatoms. The molecule has 0 aliphatic carbocycles. The van der Waals surface area contributed by atoms with Gasteiger partial charge >= 0.3 is 5.97 Å². The lowest BCUT2D eigenvalue weighted by atomic mass is 10.2. The number of carbonyl (C=O) groups excluding carboxylic acids is 1. The van der Waals surface area contributed by atoms with E-state index in [1.54, 1.807) is 6.92 Å². The summed E-state index contributed by atoms with van der Waals surface area (Å²) in [4.78, 5) is 14.3. The van der Waals surface area contributed by atoms with Crippen LogP contribution in [0.4, 0.5) is 10.7 Å². The van der Waals surface area contributed by atoms with E-state index < -0.39 is 5.97 Å². The highest BCUT2D eigenvalue weighted by molar-refractivity contribution is 7.17. The number of thiophene rings is 1. The largest absolute Gasteiger partial charge is 0.462 e. The van der Waals surface area contributed by atoms with Crippen LogP contribution in [0.5, 0.6) is 0 Å². The molecular formula is C13H19N3O2S. The fourth-order valence-electron chi connectivity index (χ4n) is 1.68. The van der Waals surface area contributed by atoms with Gasteiger partial charge in [0.05, 0.1) is 12.3 Å². The number of ether oxygens (including phenoxy) is 1. The Balaban J connectivity index is 3.15. The van der Waals surface area contributed by atoms with Crippen LogP contribution in [-0.4, -0.2) is 26.2 Å². The van der Waals surface area contributed by atoms with E-state index in [1.807, 2.05) is 18.0 Å². The van der Waals surface area contributed by atoms with E-state index in [9.17, 15) is 4.79 Å². The van der Waals surface area contributed by atoms with Crippen molar-refractivity contribution in [1.82, 2.24) is 0 Å². The minimum absolute atomic E-state index is 0.226. The molecule has 1 rings (SSSR count). The molecule has 0 aromatic carbocycles. The Hall–Kier alpha value is -1.74. The van der Waals surface area contributed by atoms with Crippen molar-refractivity contribution in [3.8, 4) is 6.07 Å². The molecule has 1 aromatic heterocycles. The van der Waals surface area contributed by atoms with Crippen molar-refractivity contribution in [2.75, 3.05) is 30.8 Å². The van der Waals surface area contributed by atoms with Crippen molar-refractivity contribution >= 4 is 28.0 Å². The van der Waals surface area contributed by atoms with Gasteiger partial charge in [0.1, 0.15) is 21.5 Å². The lowest BCUT2D eigenvalue weighted by Crippen LogP contribution is -2.20. The molecule has 104 valence electrons. The number of nitrogens with two attached hydrogens (primary N) is 1. The van der Waals surface area contributed by atoms with E-state index in [1.165, 1.54) is 11.3 Å². The summed E-state index contributed by atoms with van der Waals surface area (Å²) in [5, 5.41) is 9.74. The van der Waals surface area contributed by atoms with Crippen molar-refractivity contribution in [3.05, 3.63) is 10.4 Å². The summed E-state index contributed by atoms with van der Waals surface area (Å²) in [6.45, 7) is 4.94. The molecule has 5 nitrogen and oxygen atoms in total. The third kappa shape index (κ3) is 3.38. The van der Waals surface area contributed by atoms with Crippen molar-refractivity contribution in [2.24, 2.45) is 0 Å². The van der Waals surface area contributed by atoms with Gasteiger partial charge in [0.25, 0.3) is 0 Å². The van der Waals surface area contributed by atoms with Crippen molar-refractivity contribution < 1.29 is 9.53 Å². The monoisotopic (exact) mass is 281 g/mol. The van der Waals surface area contributed by atoms with Gasteiger partial charge in [0.15, 0.2) is 0 Å². The Morgan fingerprint density at radius 3 is 2.74 bits per heavy atom. The zero-order chi connectivity index (χ0) is 14.4. The number of esters is 1. The second-order valence-corrected chi connectivity index (χ2v) is 5.13. The standard InChI is InChI=1S/C13H19N3O2S/c1-4-6-7-16(3)12-10(13(17)18-5-2)11(15)9(8-14)19-12/h4-7,15H2,1-3H3. The lowest BCUT2D eigenvalue weighted by Gasteiger charge is -2.18. The van der Waals surface area contributed by atoms with E-state index in [-0.39, 0.29) is 12.3 Å². The highest BCUT2D eigenvalue weighted by atomic mass is 32.1. The Bertz CT molecular complexity index is 491. The van der Waals surface area contributed by atoms with Gasteiger partial charge in [-0.3, -0.25) is 0 Å². The van der Waals surface area contributed by atoms with Crippen molar-refractivity contribution in [1.29, 1.82) is 5.26 Å². The van der Waals surface area contributed by atoms with E-state index in [4.69, 9.17) is 15.7 Å². The molecule has 0 atom stereocenters. The summed E-state index contributed by atoms with van der Waals surface area (Å²) >= 11 is 1.24. The van der Waals surface area contributed by atoms with E-state index >= 15 is 0 Å². The average molecular weight is 281 g/mol. The zero-order valence-corrected chi connectivity index (χ0v) is 12.3. The SMILES string of the molecule is CCCCN(C)c1sc(C#N)c(N)c1C(=O)OCC. The van der Waals surface area contributed by atoms with Crippen molar-refractivity contribution in [3.63, 3.8) is 0 Å².